The van der Waals surface area contributed by atoms with E-state index in [4.69, 9.17) is 17.3 Å². The lowest BCUT2D eigenvalue weighted by Gasteiger charge is -2.22. The summed E-state index contributed by atoms with van der Waals surface area (Å²) in [6, 6.07) is 14.4. The van der Waals surface area contributed by atoms with Crippen LogP contribution < -0.4 is 25.0 Å². The number of Topliss-reactive ketones (excluding diaryl/α,β-unsaturated/α-hetero) is 1. The second kappa shape index (κ2) is 19.4. The number of carbonyl (C=O) groups excluding carboxylic acids is 4. The Morgan fingerprint density at radius 3 is 1.52 bits per heavy atom. The number of amides is 3. The minimum Gasteiger partial charge on any atom is -0.369 e. The lowest BCUT2D eigenvalue weighted by molar-refractivity contribution is -0.120. The first-order valence-corrected chi connectivity index (χ1v) is 25.3. The summed E-state index contributed by atoms with van der Waals surface area (Å²) < 4.78 is 51.1. The first-order valence-electron chi connectivity index (χ1n) is 21.2. The molecule has 2 fully saturated rings. The number of ketones is 1. The van der Waals surface area contributed by atoms with Crippen molar-refractivity contribution in [2.24, 2.45) is 17.6 Å². The van der Waals surface area contributed by atoms with Crippen molar-refractivity contribution in [1.82, 2.24) is 19.8 Å². The third-order valence-electron chi connectivity index (χ3n) is 11.6. The molecule has 2 aliphatic heterocycles. The van der Waals surface area contributed by atoms with Crippen molar-refractivity contribution in [2.45, 2.75) is 71.9 Å². The number of nitrogens with two attached hydrogens (primary N) is 1. The fourth-order valence-corrected chi connectivity index (χ4v) is 8.49. The SMILES string of the molecule is CCc1ccc(Nc2cc(CC(=O)C3CC3)nc3c2C(=O)N(C)C3)c(N(C)S(C)(=O)=O)c1.CCc1ccc(Nc2cc(Cl)nc3c2C(=O)N(C)C3)c(N(C)S(C)(=O)=O)c1.NC(=O)C1CC1. The van der Waals surface area contributed by atoms with Crippen molar-refractivity contribution in [3.63, 3.8) is 0 Å². The molecule has 0 radical (unpaired) electrons. The zero-order valence-corrected chi connectivity index (χ0v) is 40.2. The van der Waals surface area contributed by atoms with Crippen LogP contribution >= 0.6 is 11.6 Å². The van der Waals surface area contributed by atoms with Gasteiger partial charge in [-0.3, -0.25) is 32.8 Å². The first-order chi connectivity index (χ1) is 30.5. The lowest BCUT2D eigenvalue weighted by atomic mass is 10.1. The van der Waals surface area contributed by atoms with Crippen molar-refractivity contribution in [1.29, 1.82) is 0 Å². The van der Waals surface area contributed by atoms with E-state index in [1.54, 1.807) is 42.1 Å². The van der Waals surface area contributed by atoms with Crippen LogP contribution in [0.25, 0.3) is 0 Å². The highest BCUT2D eigenvalue weighted by Crippen LogP contribution is 2.38. The van der Waals surface area contributed by atoms with E-state index in [1.807, 2.05) is 44.2 Å². The number of hydrogen-bond donors (Lipinski definition) is 3. The number of nitrogens with one attached hydrogen (secondary N) is 2. The van der Waals surface area contributed by atoms with Crippen LogP contribution in [-0.4, -0.2) is 101 Å². The van der Waals surface area contributed by atoms with Gasteiger partial charge in [-0.1, -0.05) is 37.6 Å². The van der Waals surface area contributed by atoms with E-state index in [2.05, 4.69) is 20.6 Å². The van der Waals surface area contributed by atoms with Gasteiger partial charge in [-0.2, -0.15) is 0 Å². The molecule has 0 saturated heterocycles. The molecule has 2 saturated carbocycles. The Morgan fingerprint density at radius 2 is 1.14 bits per heavy atom. The standard InChI is InChI=1S/C23H28N4O4S.C18H21ClN4O3S.C4H7NO/c1-5-14-6-9-17(20(10-14)27(3)32(4,30)31)25-18-11-16(12-21(28)15-7-8-15)24-19-13-26(2)23(29)22(18)19;1-5-11-6-7-12(15(8-11)23(3)27(4,25)26)20-13-9-16(19)21-14-10-22(2)18(24)17(13)14;5-4(6)3-1-2-3/h6,9-11,15H,5,7-8,12-13H2,1-4H3,(H,24,25);6-9H,5,10H2,1-4H3,(H,20,21);3H,1-2H2,(H2,5,6). The number of benzene rings is 2. The molecular weight excluding hydrogens is 894 g/mol. The number of nitrogens with zero attached hydrogens (tertiary/aromatic N) is 6. The fraction of sp³-hybridized carbons (Fsp3) is 0.422. The van der Waals surface area contributed by atoms with Crippen molar-refractivity contribution < 1.29 is 36.0 Å². The summed E-state index contributed by atoms with van der Waals surface area (Å²) in [6.07, 6.45) is 7.97. The number of halogens is 1. The topological polar surface area (TPSA) is 225 Å². The number of sulfonamides is 2. The molecule has 0 spiro atoms. The number of aromatic nitrogens is 2. The van der Waals surface area contributed by atoms with Gasteiger partial charge in [0.2, 0.25) is 26.0 Å². The third-order valence-corrected chi connectivity index (χ3v) is 14.2. The van der Waals surface area contributed by atoms with Gasteiger partial charge in [0.15, 0.2) is 0 Å². The lowest BCUT2D eigenvalue weighted by Crippen LogP contribution is -2.26. The van der Waals surface area contributed by atoms with E-state index >= 15 is 0 Å². The van der Waals surface area contributed by atoms with Crippen LogP contribution in [0.5, 0.6) is 0 Å². The summed E-state index contributed by atoms with van der Waals surface area (Å²) >= 11 is 6.13. The molecule has 2 aromatic carbocycles. The maximum atomic E-state index is 12.8. The molecule has 4 N–H and O–H groups in total. The molecule has 4 heterocycles. The van der Waals surface area contributed by atoms with Crippen LogP contribution in [0.2, 0.25) is 5.15 Å². The summed E-state index contributed by atoms with van der Waals surface area (Å²) in [5.74, 6) is 0.103. The number of rotatable bonds is 14. The van der Waals surface area contributed by atoms with Gasteiger partial charge in [0.1, 0.15) is 10.9 Å². The van der Waals surface area contributed by atoms with E-state index in [0.29, 0.717) is 75.4 Å². The first kappa shape index (κ1) is 48.7. The van der Waals surface area contributed by atoms with E-state index < -0.39 is 20.0 Å². The van der Waals surface area contributed by atoms with Crippen molar-refractivity contribution in [3.8, 4) is 0 Å². The molecule has 3 amide bonds. The molecular formula is C45H56ClN9O8S2. The van der Waals surface area contributed by atoms with Crippen molar-refractivity contribution in [2.75, 3.05) is 59.9 Å². The number of fused-ring (bicyclic) bond motifs is 2. The minimum absolute atomic E-state index is 0.127. The zero-order chi connectivity index (χ0) is 47.7. The summed E-state index contributed by atoms with van der Waals surface area (Å²) in [4.78, 5) is 59.7. The van der Waals surface area contributed by atoms with Crippen LogP contribution in [0.15, 0.2) is 48.5 Å². The van der Waals surface area contributed by atoms with Gasteiger partial charge >= 0.3 is 0 Å². The van der Waals surface area contributed by atoms with Gasteiger partial charge in [0.25, 0.3) is 11.8 Å². The predicted octanol–water partition coefficient (Wildman–Crippen LogP) is 5.79. The Kier molecular flexibility index (Phi) is 14.5. The fourth-order valence-electron chi connectivity index (χ4n) is 7.26. The normalized spacial score (nSPS) is 15.3. The molecule has 20 heteroatoms. The summed E-state index contributed by atoms with van der Waals surface area (Å²) in [5, 5.41) is 6.74. The highest BCUT2D eigenvalue weighted by molar-refractivity contribution is 7.92. The van der Waals surface area contributed by atoms with E-state index in [0.717, 1.165) is 62.2 Å². The molecule has 4 aliphatic rings. The molecule has 17 nitrogen and oxygen atoms in total. The Balaban J connectivity index is 0.000000193. The Morgan fingerprint density at radius 1 is 0.708 bits per heavy atom. The minimum atomic E-state index is -3.49. The molecule has 0 bridgehead atoms. The second-order valence-electron chi connectivity index (χ2n) is 16.8. The molecule has 0 atom stereocenters. The van der Waals surface area contributed by atoms with Gasteiger partial charge in [0.05, 0.1) is 87.9 Å². The monoisotopic (exact) mass is 949 g/mol. The van der Waals surface area contributed by atoms with E-state index in [1.165, 1.54) is 22.7 Å². The van der Waals surface area contributed by atoms with Crippen LogP contribution in [0.1, 0.15) is 88.5 Å². The molecule has 348 valence electrons. The quantitative estimate of drug-likeness (QED) is 0.128. The van der Waals surface area contributed by atoms with Crippen molar-refractivity contribution >= 4 is 89.3 Å². The highest BCUT2D eigenvalue weighted by atomic mass is 35.5. The molecule has 2 aromatic heterocycles. The Labute approximate surface area is 385 Å². The molecule has 4 aromatic rings. The van der Waals surface area contributed by atoms with Gasteiger partial charge in [0, 0.05) is 46.4 Å². The van der Waals surface area contributed by atoms with E-state index in [9.17, 15) is 36.0 Å². The number of hydrogen-bond acceptors (Lipinski definition) is 12. The average Bonchev–Trinajstić information content (AvgIpc) is 4.18. The maximum Gasteiger partial charge on any atom is 0.257 e. The zero-order valence-electron chi connectivity index (χ0n) is 37.9. The summed E-state index contributed by atoms with van der Waals surface area (Å²) in [7, 11) is -0.539. The van der Waals surface area contributed by atoms with Crippen LogP contribution in [-0.2, 0) is 62.0 Å². The second-order valence-corrected chi connectivity index (χ2v) is 21.2. The van der Waals surface area contributed by atoms with Crippen LogP contribution in [0.4, 0.5) is 34.1 Å². The smallest absolute Gasteiger partial charge is 0.257 e. The van der Waals surface area contributed by atoms with Crippen LogP contribution in [0, 0.1) is 11.8 Å². The van der Waals surface area contributed by atoms with Gasteiger partial charge in [-0.25, -0.2) is 21.8 Å². The molecule has 2 aliphatic carbocycles. The van der Waals surface area contributed by atoms with Gasteiger partial charge in [-0.15, -0.1) is 0 Å². The Bertz CT molecular complexity index is 2780. The van der Waals surface area contributed by atoms with Gasteiger partial charge < -0.3 is 26.2 Å². The highest BCUT2D eigenvalue weighted by Gasteiger charge is 2.34. The molecule has 8 rings (SSSR count). The number of anilines is 6. The van der Waals surface area contributed by atoms with Gasteiger partial charge in [-0.05, 0) is 86.1 Å². The number of aryl methyl sites for hydroxylation is 2. The van der Waals surface area contributed by atoms with Crippen LogP contribution in [0.3, 0.4) is 0 Å². The Hall–Kier alpha value is -5.79. The van der Waals surface area contributed by atoms with Crippen molar-refractivity contribution in [3.05, 3.63) is 93.0 Å². The maximum absolute atomic E-state index is 12.8. The molecule has 65 heavy (non-hydrogen) atoms. The average molecular weight is 951 g/mol. The molecule has 0 unspecified atom stereocenters. The summed E-state index contributed by atoms with van der Waals surface area (Å²) in [5.41, 5.74) is 12.8. The third kappa shape index (κ3) is 11.5. The summed E-state index contributed by atoms with van der Waals surface area (Å²) in [6.45, 7) is 4.75. The van der Waals surface area contributed by atoms with E-state index in [-0.39, 0.29) is 46.9 Å². The largest absolute Gasteiger partial charge is 0.369 e. The number of carbonyl (C=O) groups is 4. The number of primary amides is 1. The number of pyridine rings is 2. The predicted molar refractivity (Wildman–Crippen MR) is 253 cm³/mol.